The van der Waals surface area contributed by atoms with Crippen LogP contribution in [0, 0.1) is 25.2 Å². The second-order valence-corrected chi connectivity index (χ2v) is 7.44. The largest absolute Gasteiger partial charge is 0.438 e. The van der Waals surface area contributed by atoms with Gasteiger partial charge in [0.15, 0.2) is 0 Å². The lowest BCUT2D eigenvalue weighted by Gasteiger charge is -2.26. The number of fused-ring (bicyclic) bond motifs is 1. The summed E-state index contributed by atoms with van der Waals surface area (Å²) in [4.78, 5) is 32.2. The zero-order chi connectivity index (χ0) is 22.7. The first-order valence-electron chi connectivity index (χ1n) is 10.2. The second kappa shape index (κ2) is 9.04. The zero-order valence-electron chi connectivity index (χ0n) is 17.9. The van der Waals surface area contributed by atoms with Crippen LogP contribution in [-0.4, -0.2) is 46.5 Å². The molecule has 4 rings (SSSR count). The first-order chi connectivity index (χ1) is 15.5. The van der Waals surface area contributed by atoms with Crippen molar-refractivity contribution in [1.82, 2.24) is 14.3 Å². The van der Waals surface area contributed by atoms with Crippen LogP contribution in [0.3, 0.4) is 0 Å². The Kier molecular flexibility index (Phi) is 6.01. The van der Waals surface area contributed by atoms with E-state index in [0.29, 0.717) is 37.7 Å². The van der Waals surface area contributed by atoms with Gasteiger partial charge < -0.3 is 14.4 Å². The summed E-state index contributed by atoms with van der Waals surface area (Å²) in [6.45, 7) is 5.46. The quantitative estimate of drug-likeness (QED) is 0.466. The van der Waals surface area contributed by atoms with Crippen molar-refractivity contribution in [2.45, 2.75) is 13.8 Å². The summed E-state index contributed by atoms with van der Waals surface area (Å²) < 4.78 is 12.7. The molecule has 0 atom stereocenters. The molecular formula is C24H22N4O4. The summed E-state index contributed by atoms with van der Waals surface area (Å²) in [5, 5.41) is 9.69. The topological polar surface area (TPSA) is 96.9 Å². The smallest absolute Gasteiger partial charge is 0.269 e. The van der Waals surface area contributed by atoms with Gasteiger partial charge >= 0.3 is 0 Å². The third-order valence-electron chi connectivity index (χ3n) is 5.43. The molecule has 0 spiro atoms. The maximum absolute atomic E-state index is 13.3. The molecule has 0 bridgehead atoms. The Morgan fingerprint density at radius 1 is 1.19 bits per heavy atom. The van der Waals surface area contributed by atoms with Crippen molar-refractivity contribution in [3.63, 3.8) is 0 Å². The first-order valence-corrected chi connectivity index (χ1v) is 10.2. The maximum atomic E-state index is 13.3. The molecule has 1 aliphatic heterocycles. The highest BCUT2D eigenvalue weighted by Crippen LogP contribution is 2.28. The number of carbonyl (C=O) groups excluding carboxylic acids is 1. The van der Waals surface area contributed by atoms with Crippen LogP contribution in [0.5, 0.6) is 11.6 Å². The molecule has 1 aliphatic rings. The molecule has 0 unspecified atom stereocenters. The molecule has 2 aromatic heterocycles. The normalized spacial score (nSPS) is 14.3. The fourth-order valence-corrected chi connectivity index (χ4v) is 3.45. The first kappa shape index (κ1) is 21.3. The lowest BCUT2D eigenvalue weighted by molar-refractivity contribution is -0.130. The maximum Gasteiger partial charge on any atom is 0.269 e. The van der Waals surface area contributed by atoms with E-state index in [2.05, 4.69) is 4.98 Å². The average molecular weight is 430 g/mol. The van der Waals surface area contributed by atoms with Gasteiger partial charge in [-0.3, -0.25) is 14.0 Å². The standard InChI is InChI=1S/C24H22N4O4/c1-16-6-5-7-20(17(16)2)32-22-19(24(30)28-9-4-3-8-21(28)26-22)14-18(15-25)23(29)27-10-12-31-13-11-27/h3-9,14H,10-13H2,1-2H3/b18-14+. The zero-order valence-corrected chi connectivity index (χ0v) is 17.9. The van der Waals surface area contributed by atoms with Crippen molar-refractivity contribution < 1.29 is 14.3 Å². The number of nitrogens with zero attached hydrogens (tertiary/aromatic N) is 4. The highest BCUT2D eigenvalue weighted by molar-refractivity contribution is 6.02. The lowest BCUT2D eigenvalue weighted by Crippen LogP contribution is -2.41. The van der Waals surface area contributed by atoms with E-state index in [1.54, 1.807) is 30.5 Å². The minimum atomic E-state index is -0.453. The Labute approximate surface area is 184 Å². The molecule has 8 heteroatoms. The molecule has 8 nitrogen and oxygen atoms in total. The molecule has 0 saturated carbocycles. The molecule has 0 aliphatic carbocycles. The highest BCUT2D eigenvalue weighted by Gasteiger charge is 2.23. The lowest BCUT2D eigenvalue weighted by atomic mass is 10.1. The molecule has 1 fully saturated rings. The molecule has 1 saturated heterocycles. The van der Waals surface area contributed by atoms with Gasteiger partial charge in [-0.2, -0.15) is 10.2 Å². The van der Waals surface area contributed by atoms with E-state index in [1.807, 2.05) is 32.0 Å². The Bertz CT molecular complexity index is 1310. The van der Waals surface area contributed by atoms with E-state index in [-0.39, 0.29) is 17.0 Å². The number of pyridine rings is 1. The van der Waals surface area contributed by atoms with E-state index in [0.717, 1.165) is 11.1 Å². The summed E-state index contributed by atoms with van der Waals surface area (Å²) in [6, 6.07) is 12.7. The van der Waals surface area contributed by atoms with Crippen LogP contribution in [0.15, 0.2) is 53.0 Å². The van der Waals surface area contributed by atoms with Gasteiger partial charge in [-0.05, 0) is 49.2 Å². The number of hydrogen-bond donors (Lipinski definition) is 0. The van der Waals surface area contributed by atoms with Crippen LogP contribution < -0.4 is 10.3 Å². The molecule has 1 aromatic carbocycles. The van der Waals surface area contributed by atoms with Gasteiger partial charge in [-0.15, -0.1) is 0 Å². The van der Waals surface area contributed by atoms with Gasteiger partial charge in [-0.1, -0.05) is 18.2 Å². The molecule has 32 heavy (non-hydrogen) atoms. The minimum Gasteiger partial charge on any atom is -0.438 e. The predicted octanol–water partition coefficient (Wildman–Crippen LogP) is 2.87. The number of aryl methyl sites for hydroxylation is 1. The van der Waals surface area contributed by atoms with Crippen LogP contribution >= 0.6 is 0 Å². The Hall–Kier alpha value is -3.96. The van der Waals surface area contributed by atoms with Gasteiger partial charge in [0.1, 0.15) is 28.6 Å². The van der Waals surface area contributed by atoms with E-state index in [9.17, 15) is 14.9 Å². The predicted molar refractivity (Wildman–Crippen MR) is 118 cm³/mol. The van der Waals surface area contributed by atoms with Crippen LogP contribution in [0.4, 0.5) is 0 Å². The second-order valence-electron chi connectivity index (χ2n) is 7.44. The highest BCUT2D eigenvalue weighted by atomic mass is 16.5. The molecule has 3 aromatic rings. The number of carbonyl (C=O) groups is 1. The number of nitriles is 1. The number of rotatable bonds is 4. The molecule has 0 radical (unpaired) electrons. The number of amides is 1. The number of ether oxygens (including phenoxy) is 2. The average Bonchev–Trinajstić information content (AvgIpc) is 2.82. The summed E-state index contributed by atoms with van der Waals surface area (Å²) in [6.07, 6.45) is 2.85. The van der Waals surface area contributed by atoms with Crippen molar-refractivity contribution in [3.05, 3.63) is 75.2 Å². The molecular weight excluding hydrogens is 408 g/mol. The van der Waals surface area contributed by atoms with Crippen LogP contribution in [0.2, 0.25) is 0 Å². The van der Waals surface area contributed by atoms with Gasteiger partial charge in [0, 0.05) is 19.3 Å². The van der Waals surface area contributed by atoms with Crippen molar-refractivity contribution in [2.24, 2.45) is 0 Å². The Balaban J connectivity index is 1.85. The minimum absolute atomic E-state index is 0.0350. The summed E-state index contributed by atoms with van der Waals surface area (Å²) >= 11 is 0. The van der Waals surface area contributed by atoms with E-state index in [1.165, 1.54) is 15.4 Å². The van der Waals surface area contributed by atoms with E-state index < -0.39 is 11.5 Å². The van der Waals surface area contributed by atoms with Gasteiger partial charge in [0.2, 0.25) is 5.88 Å². The van der Waals surface area contributed by atoms with Crippen molar-refractivity contribution in [2.75, 3.05) is 26.3 Å². The molecule has 162 valence electrons. The fraction of sp³-hybridized carbons (Fsp3) is 0.250. The van der Waals surface area contributed by atoms with Gasteiger partial charge in [0.25, 0.3) is 11.5 Å². The van der Waals surface area contributed by atoms with Crippen molar-refractivity contribution in [1.29, 1.82) is 5.26 Å². The number of hydrogen-bond acceptors (Lipinski definition) is 6. The van der Waals surface area contributed by atoms with Crippen molar-refractivity contribution in [3.8, 4) is 17.7 Å². The Morgan fingerprint density at radius 3 is 2.72 bits per heavy atom. The van der Waals surface area contributed by atoms with Crippen LogP contribution in [0.25, 0.3) is 11.7 Å². The third-order valence-corrected chi connectivity index (χ3v) is 5.43. The third kappa shape index (κ3) is 4.11. The van der Waals surface area contributed by atoms with E-state index >= 15 is 0 Å². The summed E-state index contributed by atoms with van der Waals surface area (Å²) in [5.74, 6) is 0.133. The summed E-state index contributed by atoms with van der Waals surface area (Å²) in [7, 11) is 0. The van der Waals surface area contributed by atoms with E-state index in [4.69, 9.17) is 9.47 Å². The fourth-order valence-electron chi connectivity index (χ4n) is 3.45. The van der Waals surface area contributed by atoms with Crippen molar-refractivity contribution >= 4 is 17.6 Å². The summed E-state index contributed by atoms with van der Waals surface area (Å²) in [5.41, 5.74) is 1.77. The van der Waals surface area contributed by atoms with Crippen LogP contribution in [0.1, 0.15) is 16.7 Å². The van der Waals surface area contributed by atoms with Crippen LogP contribution in [-0.2, 0) is 9.53 Å². The van der Waals surface area contributed by atoms with Gasteiger partial charge in [-0.25, -0.2) is 0 Å². The number of morpholine rings is 1. The van der Waals surface area contributed by atoms with Gasteiger partial charge in [0.05, 0.1) is 13.2 Å². The SMILES string of the molecule is Cc1cccc(Oc2nc3ccccn3c(=O)c2/C=C(\C#N)C(=O)N2CCOCC2)c1C. The number of benzene rings is 1. The molecule has 0 N–H and O–H groups in total. The molecule has 1 amide bonds. The number of aromatic nitrogens is 2. The monoisotopic (exact) mass is 430 g/mol. The molecule has 3 heterocycles. The Morgan fingerprint density at radius 2 is 1.97 bits per heavy atom.